The summed E-state index contributed by atoms with van der Waals surface area (Å²) >= 11 is 0. The van der Waals surface area contributed by atoms with E-state index >= 15 is 0 Å². The molecule has 1 aliphatic rings. The second kappa shape index (κ2) is 4.00. The molecule has 2 rings (SSSR count). The van der Waals surface area contributed by atoms with Gasteiger partial charge in [0.2, 0.25) is 0 Å². The van der Waals surface area contributed by atoms with Crippen molar-refractivity contribution in [3.8, 4) is 0 Å². The van der Waals surface area contributed by atoms with E-state index in [0.717, 1.165) is 0 Å². The molecule has 0 saturated carbocycles. The van der Waals surface area contributed by atoms with E-state index in [1.807, 2.05) is 6.07 Å². The highest BCUT2D eigenvalue weighted by Crippen LogP contribution is 2.16. The maximum Gasteiger partial charge on any atom is 0.251 e. The molecule has 0 aliphatic carbocycles. The van der Waals surface area contributed by atoms with Crippen molar-refractivity contribution in [1.82, 2.24) is 5.32 Å². The fourth-order valence-corrected chi connectivity index (χ4v) is 1.45. The maximum atomic E-state index is 11.7. The molecule has 1 amide bonds. The Bertz CT molecular complexity index is 341. The molecule has 1 aliphatic heterocycles. The molecular formula is C11H13NO3. The van der Waals surface area contributed by atoms with Crippen molar-refractivity contribution in [2.45, 2.75) is 5.54 Å². The third-order valence-corrected chi connectivity index (χ3v) is 2.47. The third kappa shape index (κ3) is 2.00. The molecule has 1 aromatic carbocycles. The fraction of sp³-hybridized carbons (Fsp3) is 0.364. The van der Waals surface area contributed by atoms with Gasteiger partial charge < -0.3 is 15.2 Å². The van der Waals surface area contributed by atoms with Crippen LogP contribution in [0.25, 0.3) is 0 Å². The van der Waals surface area contributed by atoms with Gasteiger partial charge >= 0.3 is 0 Å². The lowest BCUT2D eigenvalue weighted by molar-refractivity contribution is -0.0919. The summed E-state index contributed by atoms with van der Waals surface area (Å²) in [5.41, 5.74) is 0.0182. The van der Waals surface area contributed by atoms with Crippen LogP contribution in [0.15, 0.2) is 30.3 Å². The minimum atomic E-state index is -0.576. The quantitative estimate of drug-likeness (QED) is 0.743. The van der Waals surface area contributed by atoms with Crippen LogP contribution in [0, 0.1) is 0 Å². The van der Waals surface area contributed by atoms with E-state index in [2.05, 4.69) is 5.32 Å². The normalized spacial score (nSPS) is 17.9. The van der Waals surface area contributed by atoms with E-state index in [1.54, 1.807) is 24.3 Å². The topological polar surface area (TPSA) is 58.6 Å². The molecule has 4 heteroatoms. The van der Waals surface area contributed by atoms with Crippen molar-refractivity contribution in [2.24, 2.45) is 0 Å². The predicted molar refractivity (Wildman–Crippen MR) is 54.5 cm³/mol. The second-order valence-electron chi connectivity index (χ2n) is 3.75. The number of aliphatic hydroxyl groups excluding tert-OH is 1. The minimum Gasteiger partial charge on any atom is -0.394 e. The zero-order valence-electron chi connectivity index (χ0n) is 8.27. The van der Waals surface area contributed by atoms with Gasteiger partial charge in [-0.1, -0.05) is 18.2 Å². The summed E-state index contributed by atoms with van der Waals surface area (Å²) in [4.78, 5) is 11.7. The van der Waals surface area contributed by atoms with E-state index in [4.69, 9.17) is 9.84 Å². The SMILES string of the molecule is O=C(NC1(CO)COC1)c1ccccc1. The predicted octanol–water partition coefficient (Wildman–Crippen LogP) is 0.178. The number of carbonyl (C=O) groups excluding carboxylic acids is 1. The average molecular weight is 207 g/mol. The van der Waals surface area contributed by atoms with Crippen molar-refractivity contribution in [3.05, 3.63) is 35.9 Å². The lowest BCUT2D eigenvalue weighted by atomic mass is 9.98. The van der Waals surface area contributed by atoms with Crippen LogP contribution in [0.3, 0.4) is 0 Å². The van der Waals surface area contributed by atoms with Crippen molar-refractivity contribution >= 4 is 5.91 Å². The Balaban J connectivity index is 2.04. The number of amides is 1. The van der Waals surface area contributed by atoms with Gasteiger partial charge in [0.25, 0.3) is 5.91 Å². The largest absolute Gasteiger partial charge is 0.394 e. The van der Waals surface area contributed by atoms with Crippen molar-refractivity contribution < 1.29 is 14.6 Å². The van der Waals surface area contributed by atoms with Crippen LogP contribution in [-0.2, 0) is 4.74 Å². The summed E-state index contributed by atoms with van der Waals surface area (Å²) in [5, 5.41) is 11.9. The van der Waals surface area contributed by atoms with Crippen LogP contribution in [0.4, 0.5) is 0 Å². The number of hydrogen-bond donors (Lipinski definition) is 2. The first-order valence-corrected chi connectivity index (χ1v) is 4.82. The van der Waals surface area contributed by atoms with Crippen LogP contribution >= 0.6 is 0 Å². The molecule has 0 atom stereocenters. The summed E-state index contributed by atoms with van der Waals surface area (Å²) in [6.07, 6.45) is 0. The van der Waals surface area contributed by atoms with E-state index < -0.39 is 5.54 Å². The van der Waals surface area contributed by atoms with Gasteiger partial charge in [-0.25, -0.2) is 0 Å². The van der Waals surface area contributed by atoms with Gasteiger partial charge in [-0.2, -0.15) is 0 Å². The Morgan fingerprint density at radius 2 is 2.07 bits per heavy atom. The van der Waals surface area contributed by atoms with Crippen molar-refractivity contribution in [3.63, 3.8) is 0 Å². The first-order chi connectivity index (χ1) is 7.26. The zero-order valence-corrected chi connectivity index (χ0v) is 8.27. The summed E-state index contributed by atoms with van der Waals surface area (Å²) in [7, 11) is 0. The molecular weight excluding hydrogens is 194 g/mol. The zero-order chi connectivity index (χ0) is 10.7. The first kappa shape index (κ1) is 10.1. The number of aliphatic hydroxyl groups is 1. The highest BCUT2D eigenvalue weighted by molar-refractivity contribution is 5.94. The van der Waals surface area contributed by atoms with Crippen molar-refractivity contribution in [1.29, 1.82) is 0 Å². The Hall–Kier alpha value is -1.39. The molecule has 1 saturated heterocycles. The van der Waals surface area contributed by atoms with Gasteiger partial charge in [-0.15, -0.1) is 0 Å². The molecule has 2 N–H and O–H groups in total. The van der Waals surface area contributed by atoms with E-state index in [1.165, 1.54) is 0 Å². The van der Waals surface area contributed by atoms with Gasteiger partial charge in [0, 0.05) is 5.56 Å². The Morgan fingerprint density at radius 1 is 1.40 bits per heavy atom. The molecule has 1 aromatic rings. The molecule has 0 aromatic heterocycles. The number of rotatable bonds is 3. The monoisotopic (exact) mass is 207 g/mol. The molecule has 1 heterocycles. The van der Waals surface area contributed by atoms with E-state index in [0.29, 0.717) is 18.8 Å². The van der Waals surface area contributed by atoms with E-state index in [9.17, 15) is 4.79 Å². The third-order valence-electron chi connectivity index (χ3n) is 2.47. The molecule has 0 radical (unpaired) electrons. The van der Waals surface area contributed by atoms with Crippen LogP contribution in [0.2, 0.25) is 0 Å². The van der Waals surface area contributed by atoms with Gasteiger partial charge in [0.1, 0.15) is 5.54 Å². The number of benzene rings is 1. The molecule has 80 valence electrons. The summed E-state index contributed by atoms with van der Waals surface area (Å²) in [5.74, 6) is -0.173. The number of hydrogen-bond acceptors (Lipinski definition) is 3. The number of ether oxygens (including phenoxy) is 1. The number of nitrogens with one attached hydrogen (secondary N) is 1. The van der Waals surface area contributed by atoms with Crippen LogP contribution in [0.1, 0.15) is 10.4 Å². The number of carbonyl (C=O) groups is 1. The maximum absolute atomic E-state index is 11.7. The lowest BCUT2D eigenvalue weighted by Gasteiger charge is -2.40. The van der Waals surface area contributed by atoms with Gasteiger partial charge in [0.05, 0.1) is 19.8 Å². The van der Waals surface area contributed by atoms with Gasteiger partial charge in [-0.05, 0) is 12.1 Å². The van der Waals surface area contributed by atoms with Crippen LogP contribution < -0.4 is 5.32 Å². The standard InChI is InChI=1S/C11H13NO3/c13-6-11(7-15-8-11)12-10(14)9-4-2-1-3-5-9/h1-5,13H,6-8H2,(H,12,14). The first-order valence-electron chi connectivity index (χ1n) is 4.82. The lowest BCUT2D eigenvalue weighted by Crippen LogP contribution is -2.64. The highest BCUT2D eigenvalue weighted by Gasteiger charge is 2.39. The van der Waals surface area contributed by atoms with Crippen LogP contribution in [-0.4, -0.2) is 36.4 Å². The minimum absolute atomic E-state index is 0.0917. The Morgan fingerprint density at radius 3 is 2.53 bits per heavy atom. The summed E-state index contributed by atoms with van der Waals surface area (Å²) in [6.45, 7) is 0.662. The van der Waals surface area contributed by atoms with Gasteiger partial charge in [0.15, 0.2) is 0 Å². The molecule has 1 fully saturated rings. The Kier molecular flexibility index (Phi) is 2.70. The van der Waals surface area contributed by atoms with Crippen molar-refractivity contribution in [2.75, 3.05) is 19.8 Å². The molecule has 0 bridgehead atoms. The fourth-order valence-electron chi connectivity index (χ4n) is 1.45. The summed E-state index contributed by atoms with van der Waals surface area (Å²) < 4.78 is 4.99. The summed E-state index contributed by atoms with van der Waals surface area (Å²) in [6, 6.07) is 8.93. The van der Waals surface area contributed by atoms with Gasteiger partial charge in [-0.3, -0.25) is 4.79 Å². The molecule has 15 heavy (non-hydrogen) atoms. The smallest absolute Gasteiger partial charge is 0.251 e. The molecule has 0 spiro atoms. The highest BCUT2D eigenvalue weighted by atomic mass is 16.5. The van der Waals surface area contributed by atoms with Crippen LogP contribution in [0.5, 0.6) is 0 Å². The Labute approximate surface area is 87.9 Å². The average Bonchev–Trinajstić information content (AvgIpc) is 2.24. The molecule has 0 unspecified atom stereocenters. The second-order valence-corrected chi connectivity index (χ2v) is 3.75. The molecule has 4 nitrogen and oxygen atoms in total. The van der Waals surface area contributed by atoms with E-state index in [-0.39, 0.29) is 12.5 Å².